The number of fused-ring (bicyclic) bond motifs is 2. The Hall–Kier alpha value is -8.74. The highest BCUT2D eigenvalue weighted by Gasteiger charge is 2.31. The van der Waals surface area contributed by atoms with Gasteiger partial charge in [-0.2, -0.15) is 0 Å². The zero-order valence-corrected chi connectivity index (χ0v) is 37.2. The van der Waals surface area contributed by atoms with Gasteiger partial charge in [0.1, 0.15) is 17.7 Å². The number of benzene rings is 8. The van der Waals surface area contributed by atoms with Crippen LogP contribution in [0.1, 0.15) is 23.1 Å². The van der Waals surface area contributed by atoms with Crippen molar-refractivity contribution in [2.75, 3.05) is 9.80 Å². The predicted molar refractivity (Wildman–Crippen MR) is 279 cm³/mol. The highest BCUT2D eigenvalue weighted by Crippen LogP contribution is 2.39. The van der Waals surface area contributed by atoms with Crippen LogP contribution in [0.25, 0.3) is 44.8 Å². The van der Waals surface area contributed by atoms with Crippen molar-refractivity contribution in [2.24, 2.45) is 4.99 Å². The molecule has 6 heteroatoms. The van der Waals surface area contributed by atoms with E-state index in [4.69, 9.17) is 19.1 Å². The molecule has 3 atom stereocenters. The van der Waals surface area contributed by atoms with Crippen molar-refractivity contribution in [1.29, 1.82) is 0 Å². The molecule has 1 aliphatic heterocycles. The minimum Gasteiger partial charge on any atom is -0.467 e. The first-order valence-corrected chi connectivity index (χ1v) is 23.2. The first kappa shape index (κ1) is 40.7. The quantitative estimate of drug-likeness (QED) is 0.130. The van der Waals surface area contributed by atoms with Crippen LogP contribution in [0.15, 0.2) is 258 Å². The van der Waals surface area contributed by atoms with Crippen molar-refractivity contribution < 1.29 is 9.15 Å². The predicted octanol–water partition coefficient (Wildman–Crippen LogP) is 15.3. The molecule has 9 aromatic rings. The first-order valence-electron chi connectivity index (χ1n) is 23.2. The maximum absolute atomic E-state index is 6.37. The SMILES string of the molecule is C1=CC2OC(c3ccc(N(c4ccccc4)c4ccc(C5=CCC(N(c6ccccc6)c6ccc(-c7nc8cc(-c9ccccc9)ccc8o7)cc6)C=C5)cc4)cc3)=NC2C=C1c1ccccc1. The highest BCUT2D eigenvalue weighted by atomic mass is 16.5. The number of hydrogen-bond acceptors (Lipinski definition) is 6. The average Bonchev–Trinajstić information content (AvgIpc) is 4.05. The minimum atomic E-state index is -0.0969. The van der Waals surface area contributed by atoms with E-state index in [0.717, 1.165) is 68.2 Å². The molecule has 2 aliphatic carbocycles. The van der Waals surface area contributed by atoms with Gasteiger partial charge in [0.2, 0.25) is 11.8 Å². The number of oxazole rings is 1. The monoisotopic (exact) mass is 878 g/mol. The molecule has 12 rings (SSSR count). The van der Waals surface area contributed by atoms with Gasteiger partial charge in [0.15, 0.2) is 5.58 Å². The molecule has 2 heterocycles. The molecule has 3 unspecified atom stereocenters. The zero-order valence-electron chi connectivity index (χ0n) is 37.2. The lowest BCUT2D eigenvalue weighted by atomic mass is 9.95. The molecule has 0 N–H and O–H groups in total. The second-order valence-corrected chi connectivity index (χ2v) is 17.3. The number of aromatic nitrogens is 1. The fourth-order valence-electron chi connectivity index (χ4n) is 9.47. The van der Waals surface area contributed by atoms with Crippen LogP contribution in [-0.4, -0.2) is 29.1 Å². The van der Waals surface area contributed by atoms with Gasteiger partial charge in [0, 0.05) is 39.6 Å². The molecule has 0 bridgehead atoms. The van der Waals surface area contributed by atoms with Gasteiger partial charge >= 0.3 is 0 Å². The number of nitrogens with zero attached hydrogens (tertiary/aromatic N) is 4. The Kier molecular flexibility index (Phi) is 10.7. The zero-order chi connectivity index (χ0) is 45.2. The normalized spacial score (nSPS) is 17.2. The van der Waals surface area contributed by atoms with E-state index in [1.54, 1.807) is 0 Å². The van der Waals surface area contributed by atoms with Gasteiger partial charge in [0.25, 0.3) is 0 Å². The second-order valence-electron chi connectivity index (χ2n) is 17.3. The van der Waals surface area contributed by atoms with Crippen LogP contribution in [0.2, 0.25) is 0 Å². The van der Waals surface area contributed by atoms with Crippen LogP contribution in [0.4, 0.5) is 28.4 Å². The first-order chi connectivity index (χ1) is 33.7. The summed E-state index contributed by atoms with van der Waals surface area (Å²) in [5, 5.41) is 0. The van der Waals surface area contributed by atoms with Crippen molar-refractivity contribution in [3.8, 4) is 22.6 Å². The van der Waals surface area contributed by atoms with Crippen molar-refractivity contribution >= 4 is 56.6 Å². The molecular formula is C62H46N4O2. The molecule has 3 aliphatic rings. The smallest absolute Gasteiger partial charge is 0.227 e. The largest absolute Gasteiger partial charge is 0.467 e. The van der Waals surface area contributed by atoms with Gasteiger partial charge in [-0.25, -0.2) is 9.98 Å². The summed E-state index contributed by atoms with van der Waals surface area (Å²) in [5.74, 6) is 1.29. The Labute approximate surface area is 396 Å². The third-order valence-corrected chi connectivity index (χ3v) is 12.9. The Morgan fingerprint density at radius 1 is 0.456 bits per heavy atom. The lowest BCUT2D eigenvalue weighted by molar-refractivity contribution is 0.255. The Bertz CT molecular complexity index is 3380. The summed E-state index contributed by atoms with van der Waals surface area (Å²) in [6.45, 7) is 0. The number of rotatable bonds is 11. The van der Waals surface area contributed by atoms with E-state index >= 15 is 0 Å². The van der Waals surface area contributed by atoms with Gasteiger partial charge in [-0.05, 0) is 149 Å². The fourth-order valence-corrected chi connectivity index (χ4v) is 9.47. The lowest BCUT2D eigenvalue weighted by Gasteiger charge is -2.33. The maximum Gasteiger partial charge on any atom is 0.227 e. The summed E-state index contributed by atoms with van der Waals surface area (Å²) in [5.41, 5.74) is 16.0. The molecule has 8 aromatic carbocycles. The number of anilines is 5. The van der Waals surface area contributed by atoms with Gasteiger partial charge in [-0.15, -0.1) is 0 Å². The van der Waals surface area contributed by atoms with Crippen molar-refractivity contribution in [2.45, 2.75) is 24.6 Å². The summed E-state index contributed by atoms with van der Waals surface area (Å²) in [6.07, 6.45) is 14.2. The molecule has 0 spiro atoms. The third kappa shape index (κ3) is 8.14. The van der Waals surface area contributed by atoms with Crippen LogP contribution in [0, 0.1) is 0 Å². The van der Waals surface area contributed by atoms with E-state index < -0.39 is 0 Å². The molecule has 68 heavy (non-hydrogen) atoms. The van der Waals surface area contributed by atoms with Crippen molar-refractivity contribution in [3.63, 3.8) is 0 Å². The molecule has 0 saturated heterocycles. The molecule has 326 valence electrons. The van der Waals surface area contributed by atoms with E-state index in [2.05, 4.69) is 240 Å². The minimum absolute atomic E-state index is 0.0480. The van der Waals surface area contributed by atoms with Crippen molar-refractivity contribution in [3.05, 3.63) is 265 Å². The second kappa shape index (κ2) is 17.9. The van der Waals surface area contributed by atoms with Crippen LogP contribution in [0.3, 0.4) is 0 Å². The Morgan fingerprint density at radius 3 is 1.65 bits per heavy atom. The molecule has 0 fully saturated rings. The van der Waals surface area contributed by atoms with E-state index in [1.165, 1.54) is 22.3 Å². The fraction of sp³-hybridized carbons (Fsp3) is 0.0645. The van der Waals surface area contributed by atoms with E-state index in [9.17, 15) is 0 Å². The van der Waals surface area contributed by atoms with Crippen LogP contribution < -0.4 is 9.80 Å². The standard InChI is InChI=1S/C62H46N4O2/c1-5-13-43(14-6-1)49-29-39-59-57(41-49)63-61(67-59)47-25-35-55(36-26-47)65(51-17-9-3-10-18-51)53-31-21-45(22-32-53)46-23-33-54(34-24-46)66(52-19-11-4-12-20-52)56-37-27-48(28-38-56)62-64-58-42-50(30-40-60(58)68-62)44-15-7-2-8-16-44/h1-33,35-42,54,57,59H,34H2. The van der Waals surface area contributed by atoms with E-state index in [0.29, 0.717) is 11.8 Å². The third-order valence-electron chi connectivity index (χ3n) is 12.9. The number of ether oxygens (including phenoxy) is 1. The summed E-state index contributed by atoms with van der Waals surface area (Å²) in [4.78, 5) is 14.6. The Balaban J connectivity index is 0.762. The molecule has 0 saturated carbocycles. The maximum atomic E-state index is 6.37. The van der Waals surface area contributed by atoms with E-state index in [1.807, 2.05) is 18.2 Å². The van der Waals surface area contributed by atoms with Gasteiger partial charge < -0.3 is 19.0 Å². The van der Waals surface area contributed by atoms with Crippen LogP contribution in [0.5, 0.6) is 0 Å². The molecule has 0 radical (unpaired) electrons. The summed E-state index contributed by atoms with van der Waals surface area (Å²) in [6, 6.07) is 74.2. The Morgan fingerprint density at radius 2 is 0.985 bits per heavy atom. The van der Waals surface area contributed by atoms with Crippen LogP contribution in [-0.2, 0) is 4.74 Å². The van der Waals surface area contributed by atoms with E-state index in [-0.39, 0.29) is 18.2 Å². The number of allylic oxidation sites excluding steroid dienone is 4. The number of hydrogen-bond donors (Lipinski definition) is 0. The number of para-hydroxylation sites is 2. The highest BCUT2D eigenvalue weighted by molar-refractivity contribution is 5.97. The lowest BCUT2D eigenvalue weighted by Crippen LogP contribution is -2.30. The molecular weight excluding hydrogens is 833 g/mol. The molecule has 1 aromatic heterocycles. The molecule has 6 nitrogen and oxygen atoms in total. The topological polar surface area (TPSA) is 54.1 Å². The van der Waals surface area contributed by atoms with Gasteiger partial charge in [0.05, 0.1) is 6.04 Å². The molecule has 0 amide bonds. The summed E-state index contributed by atoms with van der Waals surface area (Å²) < 4.78 is 12.6. The average molecular weight is 879 g/mol. The van der Waals surface area contributed by atoms with Crippen molar-refractivity contribution in [1.82, 2.24) is 4.98 Å². The summed E-state index contributed by atoms with van der Waals surface area (Å²) in [7, 11) is 0. The number of aliphatic imine (C=N–C) groups is 1. The summed E-state index contributed by atoms with van der Waals surface area (Å²) >= 11 is 0. The van der Waals surface area contributed by atoms with Crippen LogP contribution >= 0.6 is 0 Å². The van der Waals surface area contributed by atoms with Gasteiger partial charge in [-0.1, -0.05) is 140 Å². The van der Waals surface area contributed by atoms with Gasteiger partial charge in [-0.3, -0.25) is 0 Å².